The molecule has 0 heterocycles. The minimum Gasteiger partial charge on any atom is -0.495 e. The van der Waals surface area contributed by atoms with E-state index in [9.17, 15) is 13.2 Å². The van der Waals surface area contributed by atoms with Crippen LogP contribution in [0.4, 0.5) is 5.69 Å². The van der Waals surface area contributed by atoms with Gasteiger partial charge in [-0.05, 0) is 50.1 Å². The monoisotopic (exact) mass is 416 g/mol. The highest BCUT2D eigenvalue weighted by atomic mass is 32.2. The van der Waals surface area contributed by atoms with Crippen molar-refractivity contribution in [3.8, 4) is 5.75 Å². The maximum atomic E-state index is 13.1. The van der Waals surface area contributed by atoms with E-state index < -0.39 is 10.0 Å². The molecule has 1 aliphatic rings. The van der Waals surface area contributed by atoms with Gasteiger partial charge in [0.25, 0.3) is 15.9 Å². The predicted octanol–water partition coefficient (Wildman–Crippen LogP) is 4.29. The third-order valence-corrected chi connectivity index (χ3v) is 6.72. The molecular weight excluding hydrogens is 388 g/mol. The lowest BCUT2D eigenvalue weighted by Gasteiger charge is -2.33. The van der Waals surface area contributed by atoms with Crippen LogP contribution in [-0.2, 0) is 10.0 Å². The van der Waals surface area contributed by atoms with Crippen LogP contribution in [0.5, 0.6) is 5.75 Å². The Morgan fingerprint density at radius 3 is 2.52 bits per heavy atom. The lowest BCUT2D eigenvalue weighted by Crippen LogP contribution is -2.41. The van der Waals surface area contributed by atoms with Gasteiger partial charge in [-0.3, -0.25) is 9.52 Å². The van der Waals surface area contributed by atoms with Gasteiger partial charge in [-0.1, -0.05) is 37.5 Å². The van der Waals surface area contributed by atoms with E-state index in [4.69, 9.17) is 4.74 Å². The van der Waals surface area contributed by atoms with E-state index in [2.05, 4.69) is 4.72 Å². The molecule has 156 valence electrons. The molecule has 1 amide bonds. The molecule has 3 rings (SSSR count). The minimum atomic E-state index is -3.86. The number of hydrogen-bond donors (Lipinski definition) is 1. The molecule has 0 aromatic heterocycles. The Labute approximate surface area is 172 Å². The molecule has 2 aromatic rings. The number of para-hydroxylation sites is 2. The molecule has 7 heteroatoms. The second-order valence-electron chi connectivity index (χ2n) is 7.22. The summed E-state index contributed by atoms with van der Waals surface area (Å²) in [6.45, 7) is 2.58. The number of benzene rings is 2. The third kappa shape index (κ3) is 4.90. The summed E-state index contributed by atoms with van der Waals surface area (Å²) in [5, 5.41) is 0. The van der Waals surface area contributed by atoms with Gasteiger partial charge in [-0.25, -0.2) is 8.42 Å². The van der Waals surface area contributed by atoms with Crippen LogP contribution < -0.4 is 9.46 Å². The van der Waals surface area contributed by atoms with Gasteiger partial charge in [0.15, 0.2) is 0 Å². The first-order valence-electron chi connectivity index (χ1n) is 10.0. The number of carbonyl (C=O) groups excluding carboxylic acids is 1. The molecule has 0 bridgehead atoms. The SMILES string of the molecule is CCN(C(=O)c1cccc(S(=O)(=O)Nc2ccccc2OC)c1)C1CCCCC1. The van der Waals surface area contributed by atoms with Crippen LogP contribution in [0.15, 0.2) is 53.4 Å². The average Bonchev–Trinajstić information content (AvgIpc) is 2.75. The Morgan fingerprint density at radius 2 is 1.83 bits per heavy atom. The maximum Gasteiger partial charge on any atom is 0.262 e. The van der Waals surface area contributed by atoms with Gasteiger partial charge in [0.05, 0.1) is 17.7 Å². The van der Waals surface area contributed by atoms with Crippen LogP contribution in [0.25, 0.3) is 0 Å². The van der Waals surface area contributed by atoms with E-state index in [1.165, 1.54) is 25.7 Å². The zero-order valence-electron chi connectivity index (χ0n) is 16.9. The molecule has 0 aliphatic heterocycles. The van der Waals surface area contributed by atoms with E-state index in [0.29, 0.717) is 23.5 Å². The summed E-state index contributed by atoms with van der Waals surface area (Å²) >= 11 is 0. The van der Waals surface area contributed by atoms with Gasteiger partial charge in [0, 0.05) is 18.2 Å². The topological polar surface area (TPSA) is 75.7 Å². The van der Waals surface area contributed by atoms with Crippen LogP contribution in [0.1, 0.15) is 49.4 Å². The highest BCUT2D eigenvalue weighted by Crippen LogP contribution is 2.27. The number of amides is 1. The van der Waals surface area contributed by atoms with Crippen molar-refractivity contribution in [2.24, 2.45) is 0 Å². The largest absolute Gasteiger partial charge is 0.495 e. The lowest BCUT2D eigenvalue weighted by molar-refractivity contribution is 0.0647. The van der Waals surface area contributed by atoms with E-state index in [1.807, 2.05) is 11.8 Å². The predicted molar refractivity (Wildman–Crippen MR) is 114 cm³/mol. The number of nitrogens with zero attached hydrogens (tertiary/aromatic N) is 1. The first-order valence-corrected chi connectivity index (χ1v) is 11.5. The number of methoxy groups -OCH3 is 1. The van der Waals surface area contributed by atoms with Crippen LogP contribution in [0.3, 0.4) is 0 Å². The van der Waals surface area contributed by atoms with Crippen molar-refractivity contribution in [1.29, 1.82) is 0 Å². The normalized spacial score (nSPS) is 15.0. The standard InChI is InChI=1S/C22H28N2O4S/c1-3-24(18-11-5-4-6-12-18)22(25)17-10-9-13-19(16-17)29(26,27)23-20-14-7-8-15-21(20)28-2/h7-10,13-16,18,23H,3-6,11-12H2,1-2H3. The van der Waals surface area contributed by atoms with Gasteiger partial charge in [0.1, 0.15) is 5.75 Å². The fraction of sp³-hybridized carbons (Fsp3) is 0.409. The summed E-state index contributed by atoms with van der Waals surface area (Å²) in [6, 6.07) is 13.3. The van der Waals surface area contributed by atoms with Crippen molar-refractivity contribution in [2.75, 3.05) is 18.4 Å². The van der Waals surface area contributed by atoms with Crippen molar-refractivity contribution in [2.45, 2.75) is 50.0 Å². The molecule has 6 nitrogen and oxygen atoms in total. The first kappa shape index (κ1) is 21.2. The van der Waals surface area contributed by atoms with Crippen molar-refractivity contribution in [1.82, 2.24) is 4.90 Å². The first-order chi connectivity index (χ1) is 14.0. The van der Waals surface area contributed by atoms with Crippen LogP contribution in [0.2, 0.25) is 0 Å². The third-order valence-electron chi connectivity index (χ3n) is 5.36. The van der Waals surface area contributed by atoms with Crippen molar-refractivity contribution >= 4 is 21.6 Å². The zero-order chi connectivity index (χ0) is 20.9. The summed E-state index contributed by atoms with van der Waals surface area (Å²) in [7, 11) is -2.38. The van der Waals surface area contributed by atoms with Crippen LogP contribution in [0, 0.1) is 0 Å². The molecule has 0 unspecified atom stereocenters. The van der Waals surface area contributed by atoms with E-state index >= 15 is 0 Å². The van der Waals surface area contributed by atoms with Crippen LogP contribution in [-0.4, -0.2) is 38.9 Å². The molecule has 2 aromatic carbocycles. The lowest BCUT2D eigenvalue weighted by atomic mass is 9.93. The minimum absolute atomic E-state index is 0.0500. The molecular formula is C22H28N2O4S. The van der Waals surface area contributed by atoms with Gasteiger partial charge in [-0.15, -0.1) is 0 Å². The summed E-state index contributed by atoms with van der Waals surface area (Å²) < 4.78 is 33.6. The Hall–Kier alpha value is -2.54. The number of nitrogens with one attached hydrogen (secondary N) is 1. The number of anilines is 1. The van der Waals surface area contributed by atoms with E-state index in [1.54, 1.807) is 36.4 Å². The molecule has 0 saturated heterocycles. The second-order valence-corrected chi connectivity index (χ2v) is 8.90. The van der Waals surface area contributed by atoms with Gasteiger partial charge in [-0.2, -0.15) is 0 Å². The summed E-state index contributed by atoms with van der Waals surface area (Å²) in [5.41, 5.74) is 0.740. The highest BCUT2D eigenvalue weighted by Gasteiger charge is 2.26. The molecule has 1 N–H and O–H groups in total. The fourth-order valence-corrected chi connectivity index (χ4v) is 4.97. The summed E-state index contributed by atoms with van der Waals surface area (Å²) in [4.78, 5) is 15.0. The van der Waals surface area contributed by atoms with E-state index in [0.717, 1.165) is 25.7 Å². The number of carbonyl (C=O) groups is 1. The van der Waals surface area contributed by atoms with Gasteiger partial charge in [0.2, 0.25) is 0 Å². The van der Waals surface area contributed by atoms with Crippen molar-refractivity contribution in [3.63, 3.8) is 0 Å². The number of rotatable bonds is 7. The Kier molecular flexibility index (Phi) is 6.79. The molecule has 0 spiro atoms. The molecule has 1 fully saturated rings. The van der Waals surface area contributed by atoms with Gasteiger partial charge >= 0.3 is 0 Å². The van der Waals surface area contributed by atoms with Gasteiger partial charge < -0.3 is 9.64 Å². The molecule has 0 radical (unpaired) electrons. The number of ether oxygens (including phenoxy) is 1. The van der Waals surface area contributed by atoms with Crippen LogP contribution >= 0.6 is 0 Å². The zero-order valence-corrected chi connectivity index (χ0v) is 17.7. The quantitative estimate of drug-likeness (QED) is 0.730. The average molecular weight is 417 g/mol. The van der Waals surface area contributed by atoms with Crippen molar-refractivity contribution < 1.29 is 17.9 Å². The maximum absolute atomic E-state index is 13.1. The number of sulfonamides is 1. The molecule has 0 atom stereocenters. The number of hydrogen-bond acceptors (Lipinski definition) is 4. The Morgan fingerprint density at radius 1 is 1.10 bits per heavy atom. The molecule has 1 aliphatic carbocycles. The Balaban J connectivity index is 1.85. The Bertz CT molecular complexity index is 953. The smallest absolute Gasteiger partial charge is 0.262 e. The van der Waals surface area contributed by atoms with Crippen molar-refractivity contribution in [3.05, 3.63) is 54.1 Å². The summed E-state index contributed by atoms with van der Waals surface area (Å²) in [5.74, 6) is 0.312. The second kappa shape index (κ2) is 9.31. The highest BCUT2D eigenvalue weighted by molar-refractivity contribution is 7.92. The molecule has 1 saturated carbocycles. The fourth-order valence-electron chi connectivity index (χ4n) is 3.86. The molecule has 29 heavy (non-hydrogen) atoms. The van der Waals surface area contributed by atoms with E-state index in [-0.39, 0.29) is 16.8 Å². The summed E-state index contributed by atoms with van der Waals surface area (Å²) in [6.07, 6.45) is 5.49.